The van der Waals surface area contributed by atoms with E-state index in [1.807, 2.05) is 6.07 Å². The summed E-state index contributed by atoms with van der Waals surface area (Å²) in [5.74, 6) is 1.01. The van der Waals surface area contributed by atoms with Crippen LogP contribution in [-0.2, 0) is 0 Å². The fraction of sp³-hybridized carbons (Fsp3) is 0.105. The van der Waals surface area contributed by atoms with Crippen molar-refractivity contribution in [2.45, 2.75) is 13.8 Å². The number of fused-ring (bicyclic) bond motifs is 1. The van der Waals surface area contributed by atoms with Gasteiger partial charge in [-0.1, -0.05) is 18.2 Å². The highest BCUT2D eigenvalue weighted by Crippen LogP contribution is 2.33. The molecule has 4 heteroatoms. The fourth-order valence-electron chi connectivity index (χ4n) is 2.71. The maximum atomic E-state index is 4.85. The Morgan fingerprint density at radius 2 is 1.96 bits per heavy atom. The van der Waals surface area contributed by atoms with Gasteiger partial charge in [0.25, 0.3) is 0 Å². The van der Waals surface area contributed by atoms with Gasteiger partial charge in [0, 0.05) is 22.8 Å². The molecule has 4 rings (SSSR count). The minimum absolute atomic E-state index is 0.960. The van der Waals surface area contributed by atoms with Crippen LogP contribution in [0.2, 0.25) is 0 Å². The number of hydrogen-bond acceptors (Lipinski definition) is 3. The molecule has 3 heterocycles. The van der Waals surface area contributed by atoms with Gasteiger partial charge in [-0.2, -0.15) is 11.3 Å². The number of para-hydroxylation sites is 1. The zero-order valence-electron chi connectivity index (χ0n) is 13.1. The Labute approximate surface area is 139 Å². The average molecular weight is 319 g/mol. The van der Waals surface area contributed by atoms with Crippen LogP contribution in [0.3, 0.4) is 0 Å². The van der Waals surface area contributed by atoms with E-state index < -0.39 is 0 Å². The summed E-state index contributed by atoms with van der Waals surface area (Å²) in [5, 5.41) is 7.80. The van der Waals surface area contributed by atoms with Gasteiger partial charge < -0.3 is 5.32 Å². The molecule has 0 atom stereocenters. The van der Waals surface area contributed by atoms with Crippen LogP contribution < -0.4 is 5.32 Å². The molecule has 0 saturated heterocycles. The van der Waals surface area contributed by atoms with Crippen molar-refractivity contribution in [2.75, 3.05) is 5.32 Å². The van der Waals surface area contributed by atoms with Gasteiger partial charge in [0.05, 0.1) is 0 Å². The smallest absolute Gasteiger partial charge is 0.143 e. The van der Waals surface area contributed by atoms with Crippen LogP contribution in [0.5, 0.6) is 0 Å². The van der Waals surface area contributed by atoms with Crippen LogP contribution in [0.25, 0.3) is 16.9 Å². The lowest BCUT2D eigenvalue weighted by molar-refractivity contribution is 1.17. The number of imidazole rings is 1. The number of nitrogens with zero attached hydrogens (tertiary/aromatic N) is 2. The van der Waals surface area contributed by atoms with Gasteiger partial charge in [-0.05, 0) is 54.6 Å². The van der Waals surface area contributed by atoms with Crippen LogP contribution in [0.4, 0.5) is 11.5 Å². The molecular weight excluding hydrogens is 302 g/mol. The van der Waals surface area contributed by atoms with Gasteiger partial charge in [-0.15, -0.1) is 0 Å². The molecule has 0 aliphatic carbocycles. The second-order valence-electron chi connectivity index (χ2n) is 5.69. The third kappa shape index (κ3) is 2.51. The van der Waals surface area contributed by atoms with Crippen LogP contribution in [0.15, 0.2) is 59.4 Å². The predicted octanol–water partition coefficient (Wildman–Crippen LogP) is 5.42. The lowest BCUT2D eigenvalue weighted by atomic mass is 10.2. The second-order valence-corrected chi connectivity index (χ2v) is 6.47. The largest absolute Gasteiger partial charge is 0.339 e. The van der Waals surface area contributed by atoms with E-state index >= 15 is 0 Å². The molecule has 3 nitrogen and oxygen atoms in total. The lowest BCUT2D eigenvalue weighted by Gasteiger charge is -2.10. The zero-order chi connectivity index (χ0) is 15.8. The van der Waals surface area contributed by atoms with E-state index in [9.17, 15) is 0 Å². The number of rotatable bonds is 3. The molecule has 114 valence electrons. The average Bonchev–Trinajstić information content (AvgIpc) is 3.17. The highest BCUT2D eigenvalue weighted by atomic mass is 32.1. The van der Waals surface area contributed by atoms with Crippen molar-refractivity contribution in [1.82, 2.24) is 9.38 Å². The maximum Gasteiger partial charge on any atom is 0.143 e. The van der Waals surface area contributed by atoms with Gasteiger partial charge in [0.15, 0.2) is 0 Å². The fourth-order valence-corrected chi connectivity index (χ4v) is 3.35. The van der Waals surface area contributed by atoms with Crippen molar-refractivity contribution in [1.29, 1.82) is 0 Å². The molecule has 0 aliphatic heterocycles. The van der Waals surface area contributed by atoms with E-state index in [0.717, 1.165) is 28.4 Å². The standard InChI is InChI=1S/C19H17N3S/c1-13-7-9-22-17(11-13)21-18(15-8-10-23-12-15)19(22)20-16-6-4-3-5-14(16)2/h3-12,20H,1-2H3. The number of anilines is 2. The molecule has 0 radical (unpaired) electrons. The molecule has 0 spiro atoms. The molecule has 0 unspecified atom stereocenters. The first-order chi connectivity index (χ1) is 11.2. The Hall–Kier alpha value is -2.59. The van der Waals surface area contributed by atoms with E-state index in [1.54, 1.807) is 11.3 Å². The summed E-state index contributed by atoms with van der Waals surface area (Å²) in [7, 11) is 0. The summed E-state index contributed by atoms with van der Waals surface area (Å²) in [4.78, 5) is 4.85. The van der Waals surface area contributed by atoms with E-state index in [0.29, 0.717) is 0 Å². The van der Waals surface area contributed by atoms with Crippen molar-refractivity contribution in [2.24, 2.45) is 0 Å². The van der Waals surface area contributed by atoms with Crippen LogP contribution >= 0.6 is 11.3 Å². The first-order valence-electron chi connectivity index (χ1n) is 7.56. The molecule has 0 saturated carbocycles. The molecule has 0 aliphatic rings. The van der Waals surface area contributed by atoms with Gasteiger partial charge in [0.1, 0.15) is 17.2 Å². The highest BCUT2D eigenvalue weighted by Gasteiger charge is 2.15. The number of hydrogen-bond donors (Lipinski definition) is 1. The monoisotopic (exact) mass is 319 g/mol. The first kappa shape index (κ1) is 14.0. The van der Waals surface area contributed by atoms with E-state index in [2.05, 4.69) is 76.9 Å². The van der Waals surface area contributed by atoms with Gasteiger partial charge in [-0.25, -0.2) is 4.98 Å². The summed E-state index contributed by atoms with van der Waals surface area (Å²) in [6, 6.07) is 14.6. The van der Waals surface area contributed by atoms with Crippen LogP contribution in [-0.4, -0.2) is 9.38 Å². The minimum Gasteiger partial charge on any atom is -0.339 e. The summed E-state index contributed by atoms with van der Waals surface area (Å²) in [6.45, 7) is 4.20. The normalized spacial score (nSPS) is 11.0. The van der Waals surface area contributed by atoms with E-state index in [1.165, 1.54) is 11.1 Å². The zero-order valence-corrected chi connectivity index (χ0v) is 13.9. The molecule has 23 heavy (non-hydrogen) atoms. The molecular formula is C19H17N3S. The topological polar surface area (TPSA) is 29.3 Å². The Morgan fingerprint density at radius 1 is 1.09 bits per heavy atom. The number of aryl methyl sites for hydroxylation is 2. The van der Waals surface area contributed by atoms with Gasteiger partial charge in [0.2, 0.25) is 0 Å². The third-order valence-electron chi connectivity index (χ3n) is 3.97. The quantitative estimate of drug-likeness (QED) is 0.546. The lowest BCUT2D eigenvalue weighted by Crippen LogP contribution is -1.98. The molecule has 4 aromatic rings. The number of thiophene rings is 1. The van der Waals surface area contributed by atoms with Crippen molar-refractivity contribution in [3.63, 3.8) is 0 Å². The summed E-state index contributed by atoms with van der Waals surface area (Å²) < 4.78 is 2.12. The summed E-state index contributed by atoms with van der Waals surface area (Å²) in [6.07, 6.45) is 2.08. The Kier molecular flexibility index (Phi) is 3.39. The minimum atomic E-state index is 0.960. The number of nitrogens with one attached hydrogen (secondary N) is 1. The SMILES string of the molecule is Cc1ccn2c(Nc3ccccc3C)c(-c3ccsc3)nc2c1. The van der Waals surface area contributed by atoms with Crippen molar-refractivity contribution in [3.8, 4) is 11.3 Å². The van der Waals surface area contributed by atoms with E-state index in [4.69, 9.17) is 4.98 Å². The number of pyridine rings is 1. The third-order valence-corrected chi connectivity index (χ3v) is 4.66. The highest BCUT2D eigenvalue weighted by molar-refractivity contribution is 7.08. The van der Waals surface area contributed by atoms with Crippen LogP contribution in [0.1, 0.15) is 11.1 Å². The van der Waals surface area contributed by atoms with Crippen molar-refractivity contribution in [3.05, 3.63) is 70.5 Å². The Balaban J connectivity index is 1.92. The maximum absolute atomic E-state index is 4.85. The summed E-state index contributed by atoms with van der Waals surface area (Å²) >= 11 is 1.69. The molecule has 1 N–H and O–H groups in total. The van der Waals surface area contributed by atoms with Crippen LogP contribution in [0, 0.1) is 13.8 Å². The molecule has 0 fully saturated rings. The Morgan fingerprint density at radius 3 is 2.74 bits per heavy atom. The Bertz CT molecular complexity index is 968. The molecule has 0 amide bonds. The van der Waals surface area contributed by atoms with E-state index in [-0.39, 0.29) is 0 Å². The second kappa shape index (κ2) is 5.56. The number of benzene rings is 1. The van der Waals surface area contributed by atoms with Gasteiger partial charge >= 0.3 is 0 Å². The summed E-state index contributed by atoms with van der Waals surface area (Å²) in [5.41, 5.74) is 6.62. The van der Waals surface area contributed by atoms with Gasteiger partial charge in [-0.3, -0.25) is 4.40 Å². The molecule has 1 aromatic carbocycles. The molecule has 0 bridgehead atoms. The predicted molar refractivity (Wildman–Crippen MR) is 97.7 cm³/mol. The molecule has 3 aromatic heterocycles. The first-order valence-corrected chi connectivity index (χ1v) is 8.50. The van der Waals surface area contributed by atoms with Crippen molar-refractivity contribution >= 4 is 28.5 Å². The number of aromatic nitrogens is 2. The van der Waals surface area contributed by atoms with Crippen molar-refractivity contribution < 1.29 is 0 Å².